The van der Waals surface area contributed by atoms with Crippen molar-refractivity contribution in [2.45, 2.75) is 25.6 Å². The van der Waals surface area contributed by atoms with Crippen LogP contribution in [0.25, 0.3) is 5.70 Å². The molecule has 0 radical (unpaired) electrons. The molecule has 1 fully saturated rings. The molecule has 5 nitrogen and oxygen atoms in total. The maximum atomic E-state index is 12.7. The zero-order chi connectivity index (χ0) is 21.1. The van der Waals surface area contributed by atoms with Gasteiger partial charge in [-0.3, -0.25) is 14.7 Å². The largest absolute Gasteiger partial charge is 0.416 e. The molecule has 8 heteroatoms. The molecule has 1 saturated heterocycles. The summed E-state index contributed by atoms with van der Waals surface area (Å²) in [6, 6.07) is 6.71. The van der Waals surface area contributed by atoms with Gasteiger partial charge in [0.2, 0.25) is 5.91 Å². The molecular formula is C22H22F3N3O2. The highest BCUT2D eigenvalue weighted by atomic mass is 19.4. The van der Waals surface area contributed by atoms with Crippen molar-refractivity contribution in [1.29, 1.82) is 0 Å². The first-order valence-corrected chi connectivity index (χ1v) is 9.83. The molecule has 30 heavy (non-hydrogen) atoms. The van der Waals surface area contributed by atoms with Crippen LogP contribution in [0.5, 0.6) is 0 Å². The van der Waals surface area contributed by atoms with Crippen molar-refractivity contribution in [3.8, 4) is 0 Å². The number of aromatic nitrogens is 1. The SMILES string of the molecule is O=C(Cc1ccc(C(F)(F)F)cc1)NC1=CCc2ncc(CN3CCOCC3)cc21. The van der Waals surface area contributed by atoms with Crippen LogP contribution in [0, 0.1) is 0 Å². The summed E-state index contributed by atoms with van der Waals surface area (Å²) in [5.41, 5.74) is 3.39. The van der Waals surface area contributed by atoms with Crippen LogP contribution in [-0.4, -0.2) is 42.1 Å². The summed E-state index contributed by atoms with van der Waals surface area (Å²) in [6.07, 6.45) is 0.0514. The van der Waals surface area contributed by atoms with E-state index in [-0.39, 0.29) is 12.3 Å². The van der Waals surface area contributed by atoms with Gasteiger partial charge in [-0.25, -0.2) is 0 Å². The number of nitrogens with zero attached hydrogens (tertiary/aromatic N) is 2. The molecule has 2 aromatic rings. The second-order valence-electron chi connectivity index (χ2n) is 7.47. The van der Waals surface area contributed by atoms with E-state index in [0.717, 1.165) is 61.8 Å². The normalized spacial score (nSPS) is 16.8. The topological polar surface area (TPSA) is 54.5 Å². The summed E-state index contributed by atoms with van der Waals surface area (Å²) in [5.74, 6) is -0.271. The van der Waals surface area contributed by atoms with Crippen molar-refractivity contribution in [2.75, 3.05) is 26.3 Å². The number of halogens is 3. The minimum atomic E-state index is -4.38. The van der Waals surface area contributed by atoms with Crippen molar-refractivity contribution in [2.24, 2.45) is 0 Å². The van der Waals surface area contributed by atoms with Gasteiger partial charge < -0.3 is 10.1 Å². The number of nitrogens with one attached hydrogen (secondary N) is 1. The second kappa shape index (κ2) is 8.57. The Hall–Kier alpha value is -2.71. The molecule has 158 valence electrons. The van der Waals surface area contributed by atoms with Crippen molar-refractivity contribution >= 4 is 11.6 Å². The van der Waals surface area contributed by atoms with E-state index in [0.29, 0.717) is 17.7 Å². The Balaban J connectivity index is 1.39. The molecule has 1 amide bonds. The summed E-state index contributed by atoms with van der Waals surface area (Å²) < 4.78 is 43.4. The van der Waals surface area contributed by atoms with Gasteiger partial charge in [-0.1, -0.05) is 18.2 Å². The van der Waals surface area contributed by atoms with Gasteiger partial charge in [0, 0.05) is 43.5 Å². The molecule has 1 N–H and O–H groups in total. The monoisotopic (exact) mass is 417 g/mol. The average molecular weight is 417 g/mol. The van der Waals surface area contributed by atoms with Crippen molar-refractivity contribution in [3.63, 3.8) is 0 Å². The number of pyridine rings is 1. The number of alkyl halides is 3. The van der Waals surface area contributed by atoms with Gasteiger partial charge in [0.25, 0.3) is 0 Å². The molecule has 2 heterocycles. The predicted molar refractivity (Wildman–Crippen MR) is 105 cm³/mol. The Kier molecular flexibility index (Phi) is 5.87. The van der Waals surface area contributed by atoms with Gasteiger partial charge in [-0.05, 0) is 29.3 Å². The molecule has 1 aromatic heterocycles. The molecule has 0 bridgehead atoms. The van der Waals surface area contributed by atoms with Crippen molar-refractivity contribution in [1.82, 2.24) is 15.2 Å². The van der Waals surface area contributed by atoms with Gasteiger partial charge in [-0.2, -0.15) is 13.2 Å². The Morgan fingerprint density at radius 2 is 1.87 bits per heavy atom. The molecule has 1 aliphatic heterocycles. The van der Waals surface area contributed by atoms with Crippen molar-refractivity contribution in [3.05, 3.63) is 70.6 Å². The fourth-order valence-electron chi connectivity index (χ4n) is 3.65. The third kappa shape index (κ3) is 4.88. The lowest BCUT2D eigenvalue weighted by atomic mass is 10.1. The number of amides is 1. The number of rotatable bonds is 5. The van der Waals surface area contributed by atoms with Crippen molar-refractivity contribution < 1.29 is 22.7 Å². The van der Waals surface area contributed by atoms with Gasteiger partial charge in [0.05, 0.1) is 30.9 Å². The van der Waals surface area contributed by atoms with E-state index in [2.05, 4.69) is 21.3 Å². The van der Waals surface area contributed by atoms with Gasteiger partial charge in [0.1, 0.15) is 0 Å². The van der Waals surface area contributed by atoms with E-state index in [4.69, 9.17) is 4.74 Å². The van der Waals surface area contributed by atoms with Crippen LogP contribution in [0.3, 0.4) is 0 Å². The Labute approximate surface area is 172 Å². The molecule has 2 aliphatic rings. The molecule has 0 spiro atoms. The highest BCUT2D eigenvalue weighted by Crippen LogP contribution is 2.29. The van der Waals surface area contributed by atoms with Crippen LogP contribution in [-0.2, 0) is 35.1 Å². The summed E-state index contributed by atoms with van der Waals surface area (Å²) in [6.45, 7) is 3.98. The van der Waals surface area contributed by atoms with Crippen LogP contribution >= 0.6 is 0 Å². The summed E-state index contributed by atoms with van der Waals surface area (Å²) >= 11 is 0. The van der Waals surface area contributed by atoms with E-state index in [1.54, 1.807) is 0 Å². The third-order valence-electron chi connectivity index (χ3n) is 5.25. The fraction of sp³-hybridized carbons (Fsp3) is 0.364. The summed E-state index contributed by atoms with van der Waals surface area (Å²) in [4.78, 5) is 19.3. The Bertz CT molecular complexity index is 949. The van der Waals surface area contributed by atoms with E-state index < -0.39 is 11.7 Å². The lowest BCUT2D eigenvalue weighted by Crippen LogP contribution is -2.35. The summed E-state index contributed by atoms with van der Waals surface area (Å²) in [5, 5.41) is 2.89. The lowest BCUT2D eigenvalue weighted by molar-refractivity contribution is -0.137. The van der Waals surface area contributed by atoms with Gasteiger partial charge in [-0.15, -0.1) is 0 Å². The number of allylic oxidation sites excluding steroid dienone is 1. The van der Waals surface area contributed by atoms with E-state index in [1.807, 2.05) is 12.3 Å². The fourth-order valence-corrected chi connectivity index (χ4v) is 3.65. The number of ether oxygens (including phenoxy) is 1. The predicted octanol–water partition coefficient (Wildman–Crippen LogP) is 3.19. The average Bonchev–Trinajstić information content (AvgIpc) is 3.10. The first-order valence-electron chi connectivity index (χ1n) is 9.83. The highest BCUT2D eigenvalue weighted by Gasteiger charge is 2.30. The smallest absolute Gasteiger partial charge is 0.379 e. The lowest BCUT2D eigenvalue weighted by Gasteiger charge is -2.26. The quantitative estimate of drug-likeness (QED) is 0.812. The molecule has 0 unspecified atom stereocenters. The molecule has 4 rings (SSSR count). The molecule has 1 aliphatic carbocycles. The molecular weight excluding hydrogens is 395 g/mol. The maximum Gasteiger partial charge on any atom is 0.416 e. The van der Waals surface area contributed by atoms with Crippen LogP contribution in [0.2, 0.25) is 0 Å². The number of fused-ring (bicyclic) bond motifs is 1. The number of carbonyl (C=O) groups excluding carboxylic acids is 1. The minimum Gasteiger partial charge on any atom is -0.379 e. The zero-order valence-electron chi connectivity index (χ0n) is 16.3. The Morgan fingerprint density at radius 1 is 1.13 bits per heavy atom. The second-order valence-corrected chi connectivity index (χ2v) is 7.47. The van der Waals surface area contributed by atoms with Gasteiger partial charge >= 0.3 is 6.18 Å². The molecule has 0 saturated carbocycles. The Morgan fingerprint density at radius 3 is 2.57 bits per heavy atom. The maximum absolute atomic E-state index is 12.7. The third-order valence-corrected chi connectivity index (χ3v) is 5.25. The highest BCUT2D eigenvalue weighted by molar-refractivity contribution is 5.89. The van der Waals surface area contributed by atoms with Crippen LogP contribution in [0.4, 0.5) is 13.2 Å². The van der Waals surface area contributed by atoms with Crippen LogP contribution < -0.4 is 5.32 Å². The number of benzene rings is 1. The van der Waals surface area contributed by atoms with E-state index in [9.17, 15) is 18.0 Å². The molecule has 0 atom stereocenters. The molecule has 1 aromatic carbocycles. The van der Waals surface area contributed by atoms with Gasteiger partial charge in [0.15, 0.2) is 0 Å². The van der Waals surface area contributed by atoms with Crippen LogP contribution in [0.15, 0.2) is 42.6 Å². The number of hydrogen-bond acceptors (Lipinski definition) is 4. The summed E-state index contributed by atoms with van der Waals surface area (Å²) in [7, 11) is 0. The van der Waals surface area contributed by atoms with E-state index >= 15 is 0 Å². The zero-order valence-corrected chi connectivity index (χ0v) is 16.3. The standard InChI is InChI=1S/C22H22F3N3O2/c23-22(24,25)17-3-1-15(2-4-17)12-21(29)27-20-6-5-19-18(20)11-16(13-26-19)14-28-7-9-30-10-8-28/h1-4,6,11,13H,5,7-10,12,14H2,(H,27,29). The van der Waals surface area contributed by atoms with E-state index in [1.165, 1.54) is 12.1 Å². The number of hydrogen-bond donors (Lipinski definition) is 1. The van der Waals surface area contributed by atoms with Crippen LogP contribution in [0.1, 0.15) is 27.9 Å². The number of morpholine rings is 1. The first-order chi connectivity index (χ1) is 14.4. The first kappa shape index (κ1) is 20.6. The minimum absolute atomic E-state index is 0.00566. The number of carbonyl (C=O) groups is 1.